The van der Waals surface area contributed by atoms with Crippen LogP contribution in [0.25, 0.3) is 11.1 Å². The molecule has 0 saturated carbocycles. The number of benzene rings is 2. The predicted octanol–water partition coefficient (Wildman–Crippen LogP) is 4.73. The summed E-state index contributed by atoms with van der Waals surface area (Å²) < 4.78 is 1.99. The molecule has 2 aromatic carbocycles. The van der Waals surface area contributed by atoms with Crippen molar-refractivity contribution in [1.29, 1.82) is 0 Å². The summed E-state index contributed by atoms with van der Waals surface area (Å²) in [5, 5.41) is 13.1. The number of rotatable bonds is 8. The highest BCUT2D eigenvalue weighted by atomic mass is 32.2. The molecule has 3 aromatic rings. The molecule has 1 aromatic heterocycles. The summed E-state index contributed by atoms with van der Waals surface area (Å²) in [5.74, 6) is 0.730. The topological polar surface area (TPSA) is 74.0 Å². The second-order valence-corrected chi connectivity index (χ2v) is 8.76. The molecule has 0 amide bonds. The minimum Gasteiger partial charge on any atom is -0.393 e. The molecule has 2 heterocycles. The van der Waals surface area contributed by atoms with Crippen molar-refractivity contribution in [2.75, 3.05) is 48.7 Å². The molecule has 0 unspecified atom stereocenters. The maximum absolute atomic E-state index is 9.77. The van der Waals surface area contributed by atoms with Gasteiger partial charge in [-0.15, -0.1) is 0 Å². The summed E-state index contributed by atoms with van der Waals surface area (Å²) in [6, 6.07) is 18.9. The Morgan fingerprint density at radius 3 is 2.58 bits per heavy atom. The van der Waals surface area contributed by atoms with Gasteiger partial charge in [0.05, 0.1) is 11.8 Å². The second kappa shape index (κ2) is 11.3. The van der Waals surface area contributed by atoms with Gasteiger partial charge >= 0.3 is 0 Å². The molecule has 0 bridgehead atoms. The van der Waals surface area contributed by atoms with Crippen molar-refractivity contribution < 1.29 is 9.94 Å². The van der Waals surface area contributed by atoms with Gasteiger partial charge in [-0.2, -0.15) is 0 Å². The lowest BCUT2D eigenvalue weighted by Crippen LogP contribution is -2.35. The number of piperidine rings is 1. The first kappa shape index (κ1) is 23.2. The molecule has 0 atom stereocenters. The van der Waals surface area contributed by atoms with E-state index in [9.17, 15) is 5.11 Å². The summed E-state index contributed by atoms with van der Waals surface area (Å²) in [6.07, 6.45) is 7.44. The number of aromatic nitrogens is 1. The van der Waals surface area contributed by atoms with Gasteiger partial charge in [-0.1, -0.05) is 24.3 Å². The number of aliphatic hydroxyl groups excluding tert-OH is 1. The lowest BCUT2D eigenvalue weighted by Gasteiger charge is -2.31. The van der Waals surface area contributed by atoms with E-state index in [0.717, 1.165) is 48.7 Å². The van der Waals surface area contributed by atoms with E-state index in [2.05, 4.69) is 69.2 Å². The van der Waals surface area contributed by atoms with Crippen LogP contribution in [0.4, 0.5) is 17.1 Å². The Morgan fingerprint density at radius 2 is 1.88 bits per heavy atom. The Kier molecular flexibility index (Phi) is 7.93. The molecule has 3 N–H and O–H groups in total. The van der Waals surface area contributed by atoms with Crippen LogP contribution in [0.15, 0.2) is 72.0 Å². The number of amidine groups is 1. The van der Waals surface area contributed by atoms with Gasteiger partial charge in [-0.05, 0) is 66.2 Å². The number of aliphatic hydroxyl groups is 1. The Bertz CT molecular complexity index is 1060. The third kappa shape index (κ3) is 6.31. The van der Waals surface area contributed by atoms with E-state index < -0.39 is 0 Å². The molecule has 0 aliphatic carbocycles. The zero-order valence-electron chi connectivity index (χ0n) is 19.1. The average Bonchev–Trinajstić information content (AvgIpc) is 3.32. The first-order chi connectivity index (χ1) is 16.1. The second-order valence-electron chi connectivity index (χ2n) is 7.97. The van der Waals surface area contributed by atoms with Gasteiger partial charge in [0, 0.05) is 50.2 Å². The molecule has 0 radical (unpaired) electrons. The van der Waals surface area contributed by atoms with E-state index in [4.69, 9.17) is 4.84 Å². The van der Waals surface area contributed by atoms with Crippen LogP contribution >= 0.6 is 11.9 Å². The van der Waals surface area contributed by atoms with Gasteiger partial charge in [0.1, 0.15) is 12.4 Å². The third-order valence-corrected chi connectivity index (χ3v) is 6.38. The largest absolute Gasteiger partial charge is 0.393 e. The smallest absolute Gasteiger partial charge is 0.132 e. The summed E-state index contributed by atoms with van der Waals surface area (Å²) >= 11 is 1.62. The number of nitrogens with zero attached hydrogens (tertiary/aromatic N) is 3. The Morgan fingerprint density at radius 1 is 1.09 bits per heavy atom. The Labute approximate surface area is 199 Å². The summed E-state index contributed by atoms with van der Waals surface area (Å²) in [4.78, 5) is 12.2. The quantitative estimate of drug-likeness (QED) is 0.254. The zero-order valence-corrected chi connectivity index (χ0v) is 19.9. The molecule has 1 saturated heterocycles. The van der Waals surface area contributed by atoms with Gasteiger partial charge in [0.25, 0.3) is 0 Å². The minimum absolute atomic E-state index is 0.163. The number of hydrogen-bond donors (Lipinski definition) is 3. The molecule has 8 heteroatoms. The van der Waals surface area contributed by atoms with Crippen LogP contribution < -0.4 is 15.7 Å². The lowest BCUT2D eigenvalue weighted by molar-refractivity contribution is 0.145. The maximum atomic E-state index is 9.77. The molecule has 174 valence electrons. The van der Waals surface area contributed by atoms with E-state index in [1.807, 2.05) is 28.7 Å². The first-order valence-electron chi connectivity index (χ1n) is 11.1. The monoisotopic (exact) mass is 465 g/mol. The van der Waals surface area contributed by atoms with E-state index >= 15 is 0 Å². The van der Waals surface area contributed by atoms with Crippen LogP contribution in [0.3, 0.4) is 0 Å². The molecular weight excluding hydrogens is 434 g/mol. The maximum Gasteiger partial charge on any atom is 0.132 e. The SMILES string of the molecule is CN=C(CONc1ccn(SC)c1)Nc1ccc(-c2cccc(N3CCC(O)CC3)c2)cc1. The number of nitrogens with one attached hydrogen (secondary N) is 2. The Hall–Kier alpha value is -2.94. The summed E-state index contributed by atoms with van der Waals surface area (Å²) in [7, 11) is 1.75. The van der Waals surface area contributed by atoms with Gasteiger partial charge in [-0.25, -0.2) is 0 Å². The van der Waals surface area contributed by atoms with Crippen molar-refractivity contribution in [2.45, 2.75) is 18.9 Å². The van der Waals surface area contributed by atoms with E-state index in [1.165, 1.54) is 11.3 Å². The van der Waals surface area contributed by atoms with Crippen molar-refractivity contribution in [1.82, 2.24) is 3.97 Å². The first-order valence-corrected chi connectivity index (χ1v) is 12.3. The fourth-order valence-corrected chi connectivity index (χ4v) is 4.22. The predicted molar refractivity (Wildman–Crippen MR) is 139 cm³/mol. The van der Waals surface area contributed by atoms with Crippen LogP contribution in [-0.4, -0.2) is 54.0 Å². The number of hydrogen-bond acceptors (Lipinski definition) is 6. The van der Waals surface area contributed by atoms with Gasteiger partial charge in [-0.3, -0.25) is 19.3 Å². The van der Waals surface area contributed by atoms with Crippen LogP contribution in [0, 0.1) is 0 Å². The van der Waals surface area contributed by atoms with Crippen molar-refractivity contribution in [3.05, 3.63) is 67.0 Å². The molecule has 1 aliphatic rings. The van der Waals surface area contributed by atoms with Gasteiger partial charge < -0.3 is 15.3 Å². The molecule has 1 fully saturated rings. The molecule has 1 aliphatic heterocycles. The zero-order chi connectivity index (χ0) is 23.0. The summed E-state index contributed by atoms with van der Waals surface area (Å²) in [6.45, 7) is 2.11. The van der Waals surface area contributed by atoms with Crippen molar-refractivity contribution in [2.24, 2.45) is 4.99 Å². The molecular formula is C25H31N5O2S. The number of anilines is 3. The van der Waals surface area contributed by atoms with E-state index in [0.29, 0.717) is 6.61 Å². The average molecular weight is 466 g/mol. The molecule has 7 nitrogen and oxygen atoms in total. The van der Waals surface area contributed by atoms with Crippen LogP contribution in [0.5, 0.6) is 0 Å². The minimum atomic E-state index is -0.163. The highest BCUT2D eigenvalue weighted by Gasteiger charge is 2.17. The highest BCUT2D eigenvalue weighted by Crippen LogP contribution is 2.27. The highest BCUT2D eigenvalue weighted by molar-refractivity contribution is 7.97. The van der Waals surface area contributed by atoms with Crippen LogP contribution in [0.2, 0.25) is 0 Å². The fraction of sp³-hybridized carbons (Fsp3) is 0.320. The van der Waals surface area contributed by atoms with E-state index in [-0.39, 0.29) is 6.10 Å². The van der Waals surface area contributed by atoms with Crippen LogP contribution in [0.1, 0.15) is 12.8 Å². The third-order valence-electron chi connectivity index (χ3n) is 5.73. The van der Waals surface area contributed by atoms with Crippen LogP contribution in [-0.2, 0) is 4.84 Å². The Balaban J connectivity index is 1.33. The fourth-order valence-electron chi connectivity index (χ4n) is 3.81. The van der Waals surface area contributed by atoms with Crippen molar-refractivity contribution in [3.8, 4) is 11.1 Å². The van der Waals surface area contributed by atoms with Gasteiger partial charge in [0.2, 0.25) is 0 Å². The summed E-state index contributed by atoms with van der Waals surface area (Å²) in [5.41, 5.74) is 8.34. The van der Waals surface area contributed by atoms with E-state index in [1.54, 1.807) is 19.0 Å². The molecule has 33 heavy (non-hydrogen) atoms. The molecule has 0 spiro atoms. The normalized spacial score (nSPS) is 15.0. The molecule has 4 rings (SSSR count). The van der Waals surface area contributed by atoms with Gasteiger partial charge in [0.15, 0.2) is 0 Å². The van der Waals surface area contributed by atoms with Crippen molar-refractivity contribution in [3.63, 3.8) is 0 Å². The lowest BCUT2D eigenvalue weighted by atomic mass is 10.0. The van der Waals surface area contributed by atoms with Crippen molar-refractivity contribution >= 4 is 34.8 Å². The standard InChI is InChI=1S/C25H31N5O2S/c1-26-25(18-32-28-22-10-15-30(17-22)33-2)27-21-8-6-19(7-9-21)20-4-3-5-23(16-20)29-13-11-24(31)12-14-29/h3-10,15-17,24,28,31H,11-14,18H2,1-2H3,(H,26,27). The number of aliphatic imine (C=N–C) groups is 1.